The van der Waals surface area contributed by atoms with Crippen LogP contribution in [0.5, 0.6) is 0 Å². The van der Waals surface area contributed by atoms with Crippen LogP contribution in [0.2, 0.25) is 0 Å². The Morgan fingerprint density at radius 3 is 2.20 bits per heavy atom. The van der Waals surface area contributed by atoms with E-state index in [0.717, 1.165) is 19.3 Å². The summed E-state index contributed by atoms with van der Waals surface area (Å²) in [5.41, 5.74) is 1.88. The van der Waals surface area contributed by atoms with Crippen LogP contribution in [0.1, 0.15) is 48.1 Å². The number of benzene rings is 2. The standard InChI is InChI=1S/C18H21NO/c1-2-3-14-17(15-10-6-4-7-11-15)19-18(20)16-12-8-5-9-13-16/h4-13,17H,2-3,14H2,1H3,(H,19,20)/t17-/m1/s1. The van der Waals surface area contributed by atoms with Gasteiger partial charge >= 0.3 is 0 Å². The van der Waals surface area contributed by atoms with Gasteiger partial charge in [-0.25, -0.2) is 0 Å². The Balaban J connectivity index is 2.10. The Bertz CT molecular complexity index is 522. The van der Waals surface area contributed by atoms with Crippen molar-refractivity contribution >= 4 is 5.91 Å². The van der Waals surface area contributed by atoms with Crippen LogP contribution < -0.4 is 5.32 Å². The van der Waals surface area contributed by atoms with Gasteiger partial charge < -0.3 is 5.32 Å². The van der Waals surface area contributed by atoms with Gasteiger partial charge in [-0.15, -0.1) is 0 Å². The topological polar surface area (TPSA) is 29.1 Å². The first kappa shape index (κ1) is 14.3. The molecule has 0 bridgehead atoms. The van der Waals surface area contributed by atoms with E-state index in [1.54, 1.807) is 0 Å². The fourth-order valence-electron chi connectivity index (χ4n) is 2.25. The van der Waals surface area contributed by atoms with E-state index in [1.165, 1.54) is 5.56 Å². The normalized spacial score (nSPS) is 11.8. The second-order valence-corrected chi connectivity index (χ2v) is 4.94. The highest BCUT2D eigenvalue weighted by molar-refractivity contribution is 5.94. The summed E-state index contributed by atoms with van der Waals surface area (Å²) < 4.78 is 0. The van der Waals surface area contributed by atoms with Crippen LogP contribution in [0.15, 0.2) is 60.7 Å². The van der Waals surface area contributed by atoms with Gasteiger partial charge in [0, 0.05) is 5.56 Å². The average Bonchev–Trinajstić information content (AvgIpc) is 2.53. The molecule has 0 saturated heterocycles. The Kier molecular flexibility index (Phi) is 5.36. The summed E-state index contributed by atoms with van der Waals surface area (Å²) in [4.78, 5) is 12.3. The van der Waals surface area contributed by atoms with Crippen molar-refractivity contribution in [3.8, 4) is 0 Å². The molecule has 2 aromatic rings. The summed E-state index contributed by atoms with van der Waals surface area (Å²) in [5, 5.41) is 3.15. The average molecular weight is 267 g/mol. The van der Waals surface area contributed by atoms with E-state index in [-0.39, 0.29) is 11.9 Å². The van der Waals surface area contributed by atoms with Crippen LogP contribution in [-0.2, 0) is 0 Å². The maximum absolute atomic E-state index is 12.3. The number of hydrogen-bond acceptors (Lipinski definition) is 1. The van der Waals surface area contributed by atoms with Gasteiger partial charge in [-0.2, -0.15) is 0 Å². The van der Waals surface area contributed by atoms with Crippen LogP contribution in [0, 0.1) is 0 Å². The van der Waals surface area contributed by atoms with Gasteiger partial charge in [-0.1, -0.05) is 68.3 Å². The maximum atomic E-state index is 12.3. The Labute approximate surface area is 120 Å². The number of nitrogens with one attached hydrogen (secondary N) is 1. The molecule has 0 spiro atoms. The summed E-state index contributed by atoms with van der Waals surface area (Å²) in [6.07, 6.45) is 3.21. The molecule has 104 valence electrons. The molecule has 0 aliphatic rings. The largest absolute Gasteiger partial charge is 0.345 e. The lowest BCUT2D eigenvalue weighted by Crippen LogP contribution is -2.28. The Morgan fingerprint density at radius 1 is 1.00 bits per heavy atom. The number of carbonyl (C=O) groups is 1. The van der Waals surface area contributed by atoms with Crippen molar-refractivity contribution in [3.05, 3.63) is 71.8 Å². The first-order valence-electron chi connectivity index (χ1n) is 7.22. The molecule has 0 radical (unpaired) electrons. The molecule has 0 saturated carbocycles. The molecular formula is C18H21NO. The third kappa shape index (κ3) is 3.95. The molecule has 2 aromatic carbocycles. The molecular weight excluding hydrogens is 246 g/mol. The van der Waals surface area contributed by atoms with E-state index in [4.69, 9.17) is 0 Å². The van der Waals surface area contributed by atoms with Gasteiger partial charge in [-0.05, 0) is 24.1 Å². The van der Waals surface area contributed by atoms with Crippen molar-refractivity contribution in [1.29, 1.82) is 0 Å². The minimum atomic E-state index is -0.00411. The molecule has 0 fully saturated rings. The zero-order valence-corrected chi connectivity index (χ0v) is 11.9. The van der Waals surface area contributed by atoms with Crippen molar-refractivity contribution in [2.24, 2.45) is 0 Å². The van der Waals surface area contributed by atoms with E-state index >= 15 is 0 Å². The molecule has 2 heteroatoms. The van der Waals surface area contributed by atoms with Crippen molar-refractivity contribution in [1.82, 2.24) is 5.32 Å². The molecule has 1 amide bonds. The van der Waals surface area contributed by atoms with Gasteiger partial charge in [0.2, 0.25) is 0 Å². The molecule has 2 rings (SSSR count). The second kappa shape index (κ2) is 7.49. The van der Waals surface area contributed by atoms with Gasteiger partial charge in [-0.3, -0.25) is 4.79 Å². The predicted octanol–water partition coefficient (Wildman–Crippen LogP) is 4.35. The molecule has 0 aliphatic heterocycles. The number of carbonyl (C=O) groups excluding carboxylic acids is 1. The van der Waals surface area contributed by atoms with E-state index in [0.29, 0.717) is 5.56 Å². The monoisotopic (exact) mass is 267 g/mol. The second-order valence-electron chi connectivity index (χ2n) is 4.94. The van der Waals surface area contributed by atoms with Crippen LogP contribution in [0.3, 0.4) is 0 Å². The summed E-state index contributed by atoms with van der Waals surface area (Å²) in [6.45, 7) is 2.17. The van der Waals surface area contributed by atoms with Gasteiger partial charge in [0.1, 0.15) is 0 Å². The number of unbranched alkanes of at least 4 members (excludes halogenated alkanes) is 1. The van der Waals surface area contributed by atoms with Gasteiger partial charge in [0.15, 0.2) is 0 Å². The lowest BCUT2D eigenvalue weighted by molar-refractivity contribution is 0.0934. The molecule has 0 aromatic heterocycles. The molecule has 0 unspecified atom stereocenters. The lowest BCUT2D eigenvalue weighted by atomic mass is 10.0. The maximum Gasteiger partial charge on any atom is 0.251 e. The van der Waals surface area contributed by atoms with Crippen molar-refractivity contribution < 1.29 is 4.79 Å². The quantitative estimate of drug-likeness (QED) is 0.828. The van der Waals surface area contributed by atoms with E-state index in [1.807, 2.05) is 48.5 Å². The van der Waals surface area contributed by atoms with Gasteiger partial charge in [0.25, 0.3) is 5.91 Å². The Hall–Kier alpha value is -2.09. The number of amides is 1. The van der Waals surface area contributed by atoms with Crippen LogP contribution >= 0.6 is 0 Å². The van der Waals surface area contributed by atoms with Crippen LogP contribution in [0.25, 0.3) is 0 Å². The number of hydrogen-bond donors (Lipinski definition) is 1. The first-order chi connectivity index (χ1) is 9.81. The highest BCUT2D eigenvalue weighted by Gasteiger charge is 2.14. The van der Waals surface area contributed by atoms with Crippen molar-refractivity contribution in [3.63, 3.8) is 0 Å². The molecule has 1 atom stereocenters. The summed E-state index contributed by atoms with van der Waals surface area (Å²) in [5.74, 6) is -0.00411. The first-order valence-corrected chi connectivity index (χ1v) is 7.22. The SMILES string of the molecule is CCCC[C@@H](NC(=O)c1ccccc1)c1ccccc1. The Morgan fingerprint density at radius 2 is 1.60 bits per heavy atom. The molecule has 1 N–H and O–H groups in total. The zero-order valence-electron chi connectivity index (χ0n) is 11.9. The van der Waals surface area contributed by atoms with Crippen LogP contribution in [0.4, 0.5) is 0 Å². The summed E-state index contributed by atoms with van der Waals surface area (Å²) >= 11 is 0. The summed E-state index contributed by atoms with van der Waals surface area (Å²) in [6, 6.07) is 19.7. The van der Waals surface area contributed by atoms with Gasteiger partial charge in [0.05, 0.1) is 6.04 Å². The molecule has 0 aliphatic carbocycles. The highest BCUT2D eigenvalue weighted by atomic mass is 16.1. The van der Waals surface area contributed by atoms with Crippen molar-refractivity contribution in [2.75, 3.05) is 0 Å². The molecule has 20 heavy (non-hydrogen) atoms. The minimum absolute atomic E-state index is 0.00411. The minimum Gasteiger partial charge on any atom is -0.345 e. The molecule has 0 heterocycles. The van der Waals surface area contributed by atoms with Crippen molar-refractivity contribution in [2.45, 2.75) is 32.2 Å². The predicted molar refractivity (Wildman–Crippen MR) is 82.6 cm³/mol. The lowest BCUT2D eigenvalue weighted by Gasteiger charge is -2.19. The summed E-state index contributed by atoms with van der Waals surface area (Å²) in [7, 11) is 0. The number of rotatable bonds is 6. The zero-order chi connectivity index (χ0) is 14.2. The third-order valence-corrected chi connectivity index (χ3v) is 3.39. The third-order valence-electron chi connectivity index (χ3n) is 3.39. The van der Waals surface area contributed by atoms with E-state index in [2.05, 4.69) is 24.4 Å². The highest BCUT2D eigenvalue weighted by Crippen LogP contribution is 2.19. The van der Waals surface area contributed by atoms with E-state index < -0.39 is 0 Å². The molecule has 2 nitrogen and oxygen atoms in total. The fourth-order valence-corrected chi connectivity index (χ4v) is 2.25. The smallest absolute Gasteiger partial charge is 0.251 e. The van der Waals surface area contributed by atoms with Crippen LogP contribution in [-0.4, -0.2) is 5.91 Å². The van der Waals surface area contributed by atoms with E-state index in [9.17, 15) is 4.79 Å². The fraction of sp³-hybridized carbons (Fsp3) is 0.278.